The first-order valence-electron chi connectivity index (χ1n) is 4.50. The Balaban J connectivity index is 2.52. The van der Waals surface area contributed by atoms with Gasteiger partial charge in [0.2, 0.25) is 5.69 Å². The molecule has 3 nitrogen and oxygen atoms in total. The summed E-state index contributed by atoms with van der Waals surface area (Å²) in [6, 6.07) is 5.77. The number of aryl methyl sites for hydroxylation is 1. The van der Waals surface area contributed by atoms with Crippen molar-refractivity contribution in [3.8, 4) is 0 Å². The van der Waals surface area contributed by atoms with Crippen LogP contribution < -0.4 is 4.57 Å². The Morgan fingerprint density at radius 1 is 1.50 bits per heavy atom. The highest BCUT2D eigenvalue weighted by Crippen LogP contribution is 1.92. The van der Waals surface area contributed by atoms with Crippen molar-refractivity contribution < 1.29 is 9.67 Å². The summed E-state index contributed by atoms with van der Waals surface area (Å²) in [6.45, 7) is 1.60. The number of aliphatic hydroxyl groups excluding tert-OH is 1. The summed E-state index contributed by atoms with van der Waals surface area (Å²) in [5.74, 6) is 0. The molecule has 0 aromatic carbocycles. The fourth-order valence-corrected chi connectivity index (χ4v) is 1.33. The van der Waals surface area contributed by atoms with Crippen LogP contribution in [0, 0.1) is 0 Å². The van der Waals surface area contributed by atoms with Crippen molar-refractivity contribution in [1.29, 1.82) is 0 Å². The van der Waals surface area contributed by atoms with Gasteiger partial charge in [0.25, 0.3) is 0 Å². The molecule has 1 aromatic rings. The molecule has 0 saturated heterocycles. The summed E-state index contributed by atoms with van der Waals surface area (Å²) in [4.78, 5) is 3.83. The molecule has 74 valence electrons. The van der Waals surface area contributed by atoms with Crippen molar-refractivity contribution in [2.24, 2.45) is 4.99 Å². The Morgan fingerprint density at radius 2 is 2.36 bits per heavy atom. The number of hydrogen-bond acceptors (Lipinski definition) is 3. The molecule has 1 heterocycles. The van der Waals surface area contributed by atoms with Crippen molar-refractivity contribution in [3.63, 3.8) is 0 Å². The molecule has 0 atom stereocenters. The Kier molecular flexibility index (Phi) is 5.00. The third kappa shape index (κ3) is 3.34. The summed E-state index contributed by atoms with van der Waals surface area (Å²) >= 11 is 4.47. The van der Waals surface area contributed by atoms with Gasteiger partial charge in [-0.3, -0.25) is 0 Å². The van der Waals surface area contributed by atoms with Crippen LogP contribution in [0.25, 0.3) is 0 Å². The van der Waals surface area contributed by atoms with Crippen LogP contribution in [0.5, 0.6) is 0 Å². The summed E-state index contributed by atoms with van der Waals surface area (Å²) in [6.07, 6.45) is 2.86. The molecule has 0 unspecified atom stereocenters. The van der Waals surface area contributed by atoms with Gasteiger partial charge in [-0.25, -0.2) is 9.56 Å². The maximum Gasteiger partial charge on any atom is 0.206 e. The monoisotopic (exact) mass is 209 g/mol. The van der Waals surface area contributed by atoms with Gasteiger partial charge in [-0.15, -0.1) is 0 Å². The Morgan fingerprint density at radius 3 is 3.07 bits per heavy atom. The molecule has 1 aromatic heterocycles. The van der Waals surface area contributed by atoms with Gasteiger partial charge >= 0.3 is 0 Å². The predicted molar refractivity (Wildman–Crippen MR) is 57.1 cm³/mol. The number of thiocarbonyl (C=S) groups is 1. The van der Waals surface area contributed by atoms with Gasteiger partial charge in [0.05, 0.1) is 11.7 Å². The molecule has 0 spiro atoms. The van der Waals surface area contributed by atoms with E-state index >= 15 is 0 Å². The van der Waals surface area contributed by atoms with Gasteiger partial charge in [0.1, 0.15) is 6.61 Å². The molecule has 1 N–H and O–H groups in total. The lowest BCUT2D eigenvalue weighted by Gasteiger charge is -1.99. The Labute approximate surface area is 88.7 Å². The molecule has 0 aliphatic rings. The number of aromatic nitrogens is 1. The quantitative estimate of drug-likeness (QED) is 0.339. The second-order valence-corrected chi connectivity index (χ2v) is 3.05. The summed E-state index contributed by atoms with van der Waals surface area (Å²) in [5, 5.41) is 11.4. The number of isothiocyanates is 1. The van der Waals surface area contributed by atoms with Gasteiger partial charge in [-0.05, 0) is 12.2 Å². The second-order valence-electron chi connectivity index (χ2n) is 2.87. The zero-order valence-corrected chi connectivity index (χ0v) is 8.70. The van der Waals surface area contributed by atoms with Crippen LogP contribution in [0.3, 0.4) is 0 Å². The highest BCUT2D eigenvalue weighted by molar-refractivity contribution is 7.78. The number of rotatable bonds is 5. The normalized spacial score (nSPS) is 9.50. The van der Waals surface area contributed by atoms with E-state index in [0.29, 0.717) is 6.54 Å². The molecular weight excluding hydrogens is 196 g/mol. The third-order valence-electron chi connectivity index (χ3n) is 1.93. The minimum Gasteiger partial charge on any atom is -0.385 e. The predicted octanol–water partition coefficient (Wildman–Crippen LogP) is 0.959. The number of nitrogens with zero attached hydrogens (tertiary/aromatic N) is 2. The zero-order valence-electron chi connectivity index (χ0n) is 7.89. The van der Waals surface area contributed by atoms with Gasteiger partial charge in [0.15, 0.2) is 12.7 Å². The van der Waals surface area contributed by atoms with Crippen LogP contribution in [0.2, 0.25) is 0 Å². The summed E-state index contributed by atoms with van der Waals surface area (Å²) in [5.41, 5.74) is 0.916. The SMILES string of the molecule is OCc1cccc[n+]1CCCN=C=S. The van der Waals surface area contributed by atoms with Gasteiger partial charge in [-0.1, -0.05) is 6.07 Å². The van der Waals surface area contributed by atoms with Crippen molar-refractivity contribution in [3.05, 3.63) is 30.1 Å². The van der Waals surface area contributed by atoms with E-state index in [-0.39, 0.29) is 6.61 Å². The minimum atomic E-state index is 0.0667. The standard InChI is InChI=1S/C10H13N2OS/c13-8-10-4-1-2-6-12(10)7-3-5-11-9-14/h1-2,4,6,13H,3,5,7-8H2/q+1. The summed E-state index contributed by atoms with van der Waals surface area (Å²) in [7, 11) is 0. The average Bonchev–Trinajstić information content (AvgIpc) is 2.25. The summed E-state index contributed by atoms with van der Waals surface area (Å²) < 4.78 is 2.01. The van der Waals surface area contributed by atoms with E-state index in [9.17, 15) is 0 Å². The van der Waals surface area contributed by atoms with Gasteiger partial charge in [-0.2, -0.15) is 0 Å². The van der Waals surface area contributed by atoms with E-state index < -0.39 is 0 Å². The van der Waals surface area contributed by atoms with Gasteiger partial charge in [0, 0.05) is 18.6 Å². The smallest absolute Gasteiger partial charge is 0.206 e. The molecule has 0 amide bonds. The van der Waals surface area contributed by atoms with Gasteiger partial charge < -0.3 is 5.11 Å². The van der Waals surface area contributed by atoms with Crippen molar-refractivity contribution in [1.82, 2.24) is 0 Å². The lowest BCUT2D eigenvalue weighted by molar-refractivity contribution is -0.706. The fourth-order valence-electron chi connectivity index (χ4n) is 1.24. The van der Waals surface area contributed by atoms with Crippen molar-refractivity contribution >= 4 is 17.4 Å². The first-order chi connectivity index (χ1) is 6.88. The van der Waals surface area contributed by atoms with Crippen LogP contribution >= 0.6 is 12.2 Å². The maximum atomic E-state index is 9.05. The van der Waals surface area contributed by atoms with Crippen LogP contribution in [0.1, 0.15) is 12.1 Å². The first-order valence-corrected chi connectivity index (χ1v) is 4.91. The maximum absolute atomic E-state index is 9.05. The number of pyridine rings is 1. The highest BCUT2D eigenvalue weighted by Gasteiger charge is 2.06. The number of aliphatic hydroxyl groups is 1. The highest BCUT2D eigenvalue weighted by atomic mass is 32.1. The van der Waals surface area contributed by atoms with Crippen LogP contribution in [0.4, 0.5) is 0 Å². The molecule has 1 rings (SSSR count). The molecule has 0 aliphatic heterocycles. The largest absolute Gasteiger partial charge is 0.385 e. The zero-order chi connectivity index (χ0) is 10.2. The van der Waals surface area contributed by atoms with Crippen LogP contribution in [-0.4, -0.2) is 16.8 Å². The molecule has 0 fully saturated rings. The van der Waals surface area contributed by atoms with Crippen molar-refractivity contribution in [2.45, 2.75) is 19.6 Å². The van der Waals surface area contributed by atoms with E-state index in [0.717, 1.165) is 18.7 Å². The molecule has 4 heteroatoms. The van der Waals surface area contributed by atoms with Crippen LogP contribution in [-0.2, 0) is 13.2 Å². The van der Waals surface area contributed by atoms with E-state index in [1.54, 1.807) is 0 Å². The molecule has 14 heavy (non-hydrogen) atoms. The van der Waals surface area contributed by atoms with E-state index in [2.05, 4.69) is 22.4 Å². The Hall–Kier alpha value is -1.09. The topological polar surface area (TPSA) is 36.5 Å². The fraction of sp³-hybridized carbons (Fsp3) is 0.400. The van der Waals surface area contributed by atoms with E-state index in [1.165, 1.54) is 0 Å². The lowest BCUT2D eigenvalue weighted by Crippen LogP contribution is -2.38. The first kappa shape index (κ1) is 11.0. The molecule has 0 aliphatic carbocycles. The van der Waals surface area contributed by atoms with Crippen LogP contribution in [0.15, 0.2) is 29.4 Å². The van der Waals surface area contributed by atoms with E-state index in [4.69, 9.17) is 5.11 Å². The lowest BCUT2D eigenvalue weighted by atomic mass is 10.3. The van der Waals surface area contributed by atoms with Crippen molar-refractivity contribution in [2.75, 3.05) is 6.54 Å². The number of hydrogen-bond donors (Lipinski definition) is 1. The molecular formula is C10H13N2OS+. The number of aliphatic imine (C=N–C) groups is 1. The third-order valence-corrected chi connectivity index (χ3v) is 2.06. The molecule has 0 radical (unpaired) electrons. The second kappa shape index (κ2) is 6.38. The Bertz CT molecular complexity index is 335. The van der Waals surface area contributed by atoms with E-state index in [1.807, 2.05) is 29.0 Å². The molecule has 0 saturated carbocycles. The minimum absolute atomic E-state index is 0.0667. The average molecular weight is 209 g/mol. The molecule has 0 bridgehead atoms.